The van der Waals surface area contributed by atoms with Gasteiger partial charge in [-0.15, -0.1) is 0 Å². The van der Waals surface area contributed by atoms with Crippen LogP contribution in [0.5, 0.6) is 11.8 Å². The smallest absolute Gasteiger partial charge is 0.231 e. The lowest BCUT2D eigenvalue weighted by atomic mass is 9.86. The average Bonchev–Trinajstić information content (AvgIpc) is 2.53. The summed E-state index contributed by atoms with van der Waals surface area (Å²) in [7, 11) is 0. The number of hydrogen-bond donors (Lipinski definition) is 0. The molecule has 9 heteroatoms. The molecule has 0 saturated heterocycles. The molecule has 0 fully saturated rings. The maximum atomic E-state index is 6.32. The highest BCUT2D eigenvalue weighted by Gasteiger charge is 2.36. The normalized spacial score (nSPS) is 13.2. The summed E-state index contributed by atoms with van der Waals surface area (Å²) in [6.07, 6.45) is 0. The summed E-state index contributed by atoms with van der Waals surface area (Å²) < 4.78 is 5.71. The quantitative estimate of drug-likeness (QED) is 0.326. The van der Waals surface area contributed by atoms with Crippen LogP contribution in [-0.2, 0) is 0 Å². The predicted octanol–water partition coefficient (Wildman–Crippen LogP) is 5.17. The summed E-state index contributed by atoms with van der Waals surface area (Å²) in [5.41, 5.74) is 2.00. The van der Waals surface area contributed by atoms with E-state index < -0.39 is 5.92 Å². The molecule has 1 aliphatic rings. The molecule has 24 heavy (non-hydrogen) atoms. The molecule has 0 spiro atoms. The van der Waals surface area contributed by atoms with Crippen LogP contribution in [0, 0.1) is 0 Å². The maximum absolute atomic E-state index is 6.32. The monoisotopic (exact) mass is 398 g/mol. The van der Waals surface area contributed by atoms with Gasteiger partial charge in [0, 0.05) is 0 Å². The molecule has 3 heterocycles. The third kappa shape index (κ3) is 2.58. The zero-order valence-corrected chi connectivity index (χ0v) is 14.7. The summed E-state index contributed by atoms with van der Waals surface area (Å²) in [6.45, 7) is 0. The lowest BCUT2D eigenvalue weighted by molar-refractivity contribution is 0.413. The Balaban J connectivity index is 2.05. The first kappa shape index (κ1) is 15.8. The number of fused-ring (bicyclic) bond motifs is 2. The van der Waals surface area contributed by atoms with Crippen molar-refractivity contribution in [2.24, 2.45) is 0 Å². The lowest BCUT2D eigenvalue weighted by Crippen LogP contribution is -2.16. The maximum Gasteiger partial charge on any atom is 0.231 e. The highest BCUT2D eigenvalue weighted by molar-refractivity contribution is 6.33. The van der Waals surface area contributed by atoms with E-state index in [0.717, 1.165) is 5.56 Å². The van der Waals surface area contributed by atoms with Crippen molar-refractivity contribution >= 4 is 46.4 Å². The standard InChI is InChI=1S/C15H6Cl4N4O/c16-10-8-7(6-4-2-1-3-5-6)9-11(17)21-15(19)23-13(9)24-12(8)22-14(18)20-10/h1-5,7H. The van der Waals surface area contributed by atoms with Crippen molar-refractivity contribution in [1.29, 1.82) is 0 Å². The summed E-state index contributed by atoms with van der Waals surface area (Å²) in [4.78, 5) is 16.2. The second kappa shape index (κ2) is 6.01. The molecule has 0 aliphatic carbocycles. The molecule has 0 atom stereocenters. The van der Waals surface area contributed by atoms with Gasteiger partial charge in [-0.2, -0.15) is 9.97 Å². The fraction of sp³-hybridized carbons (Fsp3) is 0.0667. The molecule has 0 amide bonds. The molecule has 2 aromatic heterocycles. The van der Waals surface area contributed by atoms with Crippen molar-refractivity contribution in [3.05, 3.63) is 67.9 Å². The number of rotatable bonds is 1. The third-order valence-corrected chi connectivity index (χ3v) is 4.49. The van der Waals surface area contributed by atoms with Crippen LogP contribution in [0.25, 0.3) is 0 Å². The van der Waals surface area contributed by atoms with Crippen LogP contribution >= 0.6 is 46.4 Å². The van der Waals surface area contributed by atoms with Gasteiger partial charge in [-0.3, -0.25) is 0 Å². The van der Waals surface area contributed by atoms with Gasteiger partial charge in [-0.05, 0) is 28.8 Å². The molecule has 120 valence electrons. The summed E-state index contributed by atoms with van der Waals surface area (Å²) in [6, 6.07) is 9.57. The zero-order chi connectivity index (χ0) is 16.8. The van der Waals surface area contributed by atoms with E-state index in [-0.39, 0.29) is 32.6 Å². The highest BCUT2D eigenvalue weighted by atomic mass is 35.5. The van der Waals surface area contributed by atoms with E-state index in [1.165, 1.54) is 0 Å². The first-order chi connectivity index (χ1) is 11.5. The largest absolute Gasteiger partial charge is 0.420 e. The van der Waals surface area contributed by atoms with Gasteiger partial charge in [-0.25, -0.2) is 9.97 Å². The molecule has 1 aliphatic heterocycles. The van der Waals surface area contributed by atoms with Gasteiger partial charge < -0.3 is 4.74 Å². The summed E-state index contributed by atoms with van der Waals surface area (Å²) in [5.74, 6) is 0.0267. The molecule has 0 bridgehead atoms. The minimum Gasteiger partial charge on any atom is -0.420 e. The van der Waals surface area contributed by atoms with Gasteiger partial charge in [0.15, 0.2) is 0 Å². The molecular weight excluding hydrogens is 394 g/mol. The Morgan fingerprint density at radius 1 is 0.708 bits per heavy atom. The molecule has 0 unspecified atom stereocenters. The van der Waals surface area contributed by atoms with E-state index in [1.54, 1.807) is 0 Å². The van der Waals surface area contributed by atoms with Gasteiger partial charge >= 0.3 is 0 Å². The SMILES string of the molecule is Clc1nc(Cl)c2c(n1)Oc1nc(Cl)nc(Cl)c1C2c1ccccc1. The lowest BCUT2D eigenvalue weighted by Gasteiger charge is -2.27. The molecule has 0 radical (unpaired) electrons. The number of benzene rings is 1. The first-order valence-corrected chi connectivity index (χ1v) is 8.24. The van der Waals surface area contributed by atoms with Crippen LogP contribution in [0.15, 0.2) is 30.3 Å². The highest BCUT2D eigenvalue weighted by Crippen LogP contribution is 2.50. The van der Waals surface area contributed by atoms with Crippen molar-refractivity contribution < 1.29 is 4.74 Å². The second-order valence-corrected chi connectivity index (χ2v) is 6.34. The first-order valence-electron chi connectivity index (χ1n) is 6.73. The Labute approximate surface area is 156 Å². The van der Waals surface area contributed by atoms with E-state index in [1.807, 2.05) is 30.3 Å². The molecule has 3 aromatic rings. The topological polar surface area (TPSA) is 60.8 Å². The van der Waals surface area contributed by atoms with Gasteiger partial charge in [-0.1, -0.05) is 53.5 Å². The second-order valence-electron chi connectivity index (χ2n) is 4.95. The van der Waals surface area contributed by atoms with Crippen LogP contribution in [0.3, 0.4) is 0 Å². The number of aromatic nitrogens is 4. The number of nitrogens with zero attached hydrogens (tertiary/aromatic N) is 4. The number of ether oxygens (including phenoxy) is 1. The van der Waals surface area contributed by atoms with Crippen molar-refractivity contribution in [1.82, 2.24) is 19.9 Å². The Morgan fingerprint density at radius 3 is 1.71 bits per heavy atom. The van der Waals surface area contributed by atoms with Gasteiger partial charge in [0.25, 0.3) is 0 Å². The Kier molecular flexibility index (Phi) is 3.96. The van der Waals surface area contributed by atoms with Crippen molar-refractivity contribution in [2.45, 2.75) is 5.92 Å². The van der Waals surface area contributed by atoms with E-state index in [0.29, 0.717) is 11.1 Å². The molecule has 4 rings (SSSR count). The summed E-state index contributed by atoms with van der Waals surface area (Å²) >= 11 is 24.4. The Bertz CT molecular complexity index is 894. The van der Waals surface area contributed by atoms with Crippen molar-refractivity contribution in [3.8, 4) is 11.8 Å². The number of halogens is 4. The van der Waals surface area contributed by atoms with E-state index in [9.17, 15) is 0 Å². The summed E-state index contributed by atoms with van der Waals surface area (Å²) in [5, 5.41) is 0.298. The van der Waals surface area contributed by atoms with Gasteiger partial charge in [0.05, 0.1) is 17.0 Å². The molecule has 0 saturated carbocycles. The third-order valence-electron chi connectivity index (χ3n) is 3.58. The Morgan fingerprint density at radius 2 is 1.21 bits per heavy atom. The van der Waals surface area contributed by atoms with Gasteiger partial charge in [0.1, 0.15) is 10.3 Å². The fourth-order valence-electron chi connectivity index (χ4n) is 2.65. The zero-order valence-electron chi connectivity index (χ0n) is 11.7. The molecule has 5 nitrogen and oxygen atoms in total. The van der Waals surface area contributed by atoms with Crippen LogP contribution in [0.2, 0.25) is 20.9 Å². The Hall–Kier alpha value is -1.66. The van der Waals surface area contributed by atoms with Crippen LogP contribution < -0.4 is 4.74 Å². The minimum absolute atomic E-state index is 0.0275. The van der Waals surface area contributed by atoms with Crippen LogP contribution in [0.1, 0.15) is 22.6 Å². The van der Waals surface area contributed by atoms with Crippen molar-refractivity contribution in [3.63, 3.8) is 0 Å². The number of hydrogen-bond acceptors (Lipinski definition) is 5. The predicted molar refractivity (Wildman–Crippen MR) is 91.6 cm³/mol. The van der Waals surface area contributed by atoms with E-state index >= 15 is 0 Å². The van der Waals surface area contributed by atoms with Gasteiger partial charge in [0.2, 0.25) is 22.3 Å². The molecule has 1 aromatic carbocycles. The van der Waals surface area contributed by atoms with Crippen molar-refractivity contribution in [2.75, 3.05) is 0 Å². The van der Waals surface area contributed by atoms with Crippen LogP contribution in [0.4, 0.5) is 0 Å². The van der Waals surface area contributed by atoms with E-state index in [4.69, 9.17) is 51.1 Å². The van der Waals surface area contributed by atoms with E-state index in [2.05, 4.69) is 19.9 Å². The average molecular weight is 400 g/mol. The minimum atomic E-state index is -0.403. The molecular formula is C15H6Cl4N4O. The fourth-order valence-corrected chi connectivity index (χ4v) is 3.60. The van der Waals surface area contributed by atoms with Crippen LogP contribution in [-0.4, -0.2) is 19.9 Å². The molecule has 0 N–H and O–H groups in total.